The number of alkyl halides is 4. The van der Waals surface area contributed by atoms with Gasteiger partial charge in [0.25, 0.3) is 0 Å². The molecule has 2 rings (SSSR count). The van der Waals surface area contributed by atoms with Gasteiger partial charge in [0.05, 0.1) is 19.3 Å². The monoisotopic (exact) mass is 331 g/mol. The third kappa shape index (κ3) is 2.89. The molecule has 0 aliphatic carbocycles. The smallest absolute Gasteiger partial charge is 0.377 e. The Labute approximate surface area is 108 Å². The zero-order chi connectivity index (χ0) is 12.5. The first-order valence-corrected chi connectivity index (χ1v) is 6.77. The van der Waals surface area contributed by atoms with Crippen LogP contribution in [0.3, 0.4) is 0 Å². The molecule has 1 saturated heterocycles. The highest BCUT2D eigenvalue weighted by Gasteiger charge is 2.37. The van der Waals surface area contributed by atoms with E-state index in [4.69, 9.17) is 4.74 Å². The maximum atomic E-state index is 12.4. The third-order valence-electron chi connectivity index (χ3n) is 2.31. The fourth-order valence-electron chi connectivity index (χ4n) is 1.48. The van der Waals surface area contributed by atoms with Gasteiger partial charge in [-0.3, -0.25) is 0 Å². The number of aromatic nitrogens is 2. The van der Waals surface area contributed by atoms with Gasteiger partial charge < -0.3 is 9.64 Å². The van der Waals surface area contributed by atoms with Crippen LogP contribution >= 0.6 is 27.3 Å². The third-order valence-corrected chi connectivity index (χ3v) is 4.06. The lowest BCUT2D eigenvalue weighted by atomic mass is 10.3. The van der Waals surface area contributed by atoms with Gasteiger partial charge >= 0.3 is 6.18 Å². The number of hydrogen-bond acceptors (Lipinski definition) is 5. The summed E-state index contributed by atoms with van der Waals surface area (Å²) in [6, 6.07) is -0.00205. The van der Waals surface area contributed by atoms with Gasteiger partial charge in [-0.1, -0.05) is 27.3 Å². The highest BCUT2D eigenvalue weighted by Crippen LogP contribution is 2.35. The van der Waals surface area contributed by atoms with Crippen LogP contribution in [0.15, 0.2) is 0 Å². The molecule has 0 saturated carbocycles. The normalized spacial score (nSPS) is 21.9. The molecule has 1 aromatic rings. The van der Waals surface area contributed by atoms with Crippen molar-refractivity contribution in [1.29, 1.82) is 0 Å². The summed E-state index contributed by atoms with van der Waals surface area (Å²) in [7, 11) is 0. The van der Waals surface area contributed by atoms with Crippen LogP contribution in [-0.4, -0.2) is 41.3 Å². The van der Waals surface area contributed by atoms with E-state index in [9.17, 15) is 13.2 Å². The standard InChI is InChI=1S/C8H9BrF3N3OS/c9-3-5-4-16-2-1-15(5)7-14-13-6(17-7)8(10,11)12/h5H,1-4H2. The summed E-state index contributed by atoms with van der Waals surface area (Å²) in [5.41, 5.74) is 0. The highest BCUT2D eigenvalue weighted by atomic mass is 79.9. The second kappa shape index (κ2) is 5.07. The Kier molecular flexibility index (Phi) is 3.88. The van der Waals surface area contributed by atoms with Gasteiger partial charge in [-0.2, -0.15) is 13.2 Å². The van der Waals surface area contributed by atoms with Gasteiger partial charge in [0.15, 0.2) is 0 Å². The maximum absolute atomic E-state index is 12.4. The van der Waals surface area contributed by atoms with Crippen molar-refractivity contribution in [3.63, 3.8) is 0 Å². The number of ether oxygens (including phenoxy) is 1. The molecule has 1 fully saturated rings. The summed E-state index contributed by atoms with van der Waals surface area (Å²) >= 11 is 3.88. The molecule has 1 atom stereocenters. The molecule has 0 radical (unpaired) electrons. The van der Waals surface area contributed by atoms with Crippen molar-refractivity contribution in [2.45, 2.75) is 12.2 Å². The molecule has 9 heteroatoms. The number of anilines is 1. The second-order valence-corrected chi connectivity index (χ2v) is 5.07. The van der Waals surface area contributed by atoms with Crippen molar-refractivity contribution in [2.75, 3.05) is 30.0 Å². The molecule has 1 aliphatic heterocycles. The first-order chi connectivity index (χ1) is 8.02. The van der Waals surface area contributed by atoms with Crippen molar-refractivity contribution < 1.29 is 17.9 Å². The zero-order valence-electron chi connectivity index (χ0n) is 8.58. The molecule has 1 aliphatic rings. The van der Waals surface area contributed by atoms with Gasteiger partial charge in [0, 0.05) is 11.9 Å². The number of morpholine rings is 1. The van der Waals surface area contributed by atoms with E-state index in [1.807, 2.05) is 0 Å². The van der Waals surface area contributed by atoms with Crippen LogP contribution in [0, 0.1) is 0 Å². The van der Waals surface area contributed by atoms with Crippen LogP contribution < -0.4 is 4.90 Å². The van der Waals surface area contributed by atoms with E-state index in [0.717, 1.165) is 0 Å². The van der Waals surface area contributed by atoms with Crippen molar-refractivity contribution in [3.8, 4) is 0 Å². The molecule has 1 aromatic heterocycles. The van der Waals surface area contributed by atoms with Gasteiger partial charge in [-0.25, -0.2) is 0 Å². The van der Waals surface area contributed by atoms with Crippen LogP contribution in [-0.2, 0) is 10.9 Å². The lowest BCUT2D eigenvalue weighted by Crippen LogP contribution is -2.46. The zero-order valence-corrected chi connectivity index (χ0v) is 11.0. The average molecular weight is 332 g/mol. The summed E-state index contributed by atoms with van der Waals surface area (Å²) in [6.07, 6.45) is -4.42. The quantitative estimate of drug-likeness (QED) is 0.778. The average Bonchev–Trinajstić information content (AvgIpc) is 2.77. The van der Waals surface area contributed by atoms with Gasteiger partial charge in [-0.05, 0) is 0 Å². The van der Waals surface area contributed by atoms with Gasteiger partial charge in [-0.15, -0.1) is 10.2 Å². The molecule has 4 nitrogen and oxygen atoms in total. The minimum Gasteiger partial charge on any atom is -0.377 e. The van der Waals surface area contributed by atoms with Crippen LogP contribution in [0.5, 0.6) is 0 Å². The lowest BCUT2D eigenvalue weighted by Gasteiger charge is -2.33. The molecule has 0 aromatic carbocycles. The molecule has 96 valence electrons. The summed E-state index contributed by atoms with van der Waals surface area (Å²) in [5.74, 6) is 0. The molecule has 0 N–H and O–H groups in total. The first kappa shape index (κ1) is 13.0. The molecule has 2 heterocycles. The SMILES string of the molecule is FC(F)(F)c1nnc(N2CCOCC2CBr)s1. The van der Waals surface area contributed by atoms with Crippen molar-refractivity contribution in [3.05, 3.63) is 5.01 Å². The van der Waals surface area contributed by atoms with E-state index in [1.165, 1.54) is 0 Å². The summed E-state index contributed by atoms with van der Waals surface area (Å²) in [4.78, 5) is 1.80. The molecule has 1 unspecified atom stereocenters. The fourth-order valence-corrected chi connectivity index (χ4v) is 2.83. The molecule has 17 heavy (non-hydrogen) atoms. The Hall–Kier alpha value is -0.410. The predicted octanol–water partition coefficient (Wildman–Crippen LogP) is 2.16. The van der Waals surface area contributed by atoms with E-state index >= 15 is 0 Å². The van der Waals surface area contributed by atoms with Crippen molar-refractivity contribution >= 4 is 32.4 Å². The van der Waals surface area contributed by atoms with Crippen molar-refractivity contribution in [2.24, 2.45) is 0 Å². The Morgan fingerprint density at radius 1 is 1.47 bits per heavy atom. The van der Waals surface area contributed by atoms with Crippen LogP contribution in [0.1, 0.15) is 5.01 Å². The maximum Gasteiger partial charge on any atom is 0.445 e. The Balaban J connectivity index is 2.18. The fraction of sp³-hybridized carbons (Fsp3) is 0.750. The largest absolute Gasteiger partial charge is 0.445 e. The summed E-state index contributed by atoms with van der Waals surface area (Å²) in [5, 5.41) is 6.79. The Morgan fingerprint density at radius 3 is 2.82 bits per heavy atom. The van der Waals surface area contributed by atoms with Crippen LogP contribution in [0.4, 0.5) is 18.3 Å². The van der Waals surface area contributed by atoms with E-state index in [-0.39, 0.29) is 6.04 Å². The molecular weight excluding hydrogens is 323 g/mol. The molecule has 0 amide bonds. The van der Waals surface area contributed by atoms with E-state index in [2.05, 4.69) is 26.1 Å². The first-order valence-electron chi connectivity index (χ1n) is 4.83. The van der Waals surface area contributed by atoms with Crippen LogP contribution in [0.25, 0.3) is 0 Å². The number of rotatable bonds is 2. The number of halogens is 4. The Bertz CT molecular complexity index is 386. The number of hydrogen-bond donors (Lipinski definition) is 0. The molecule has 0 bridgehead atoms. The Morgan fingerprint density at radius 2 is 2.24 bits per heavy atom. The molecule has 0 spiro atoms. The summed E-state index contributed by atoms with van der Waals surface area (Å²) < 4.78 is 42.5. The van der Waals surface area contributed by atoms with Crippen LogP contribution in [0.2, 0.25) is 0 Å². The summed E-state index contributed by atoms with van der Waals surface area (Å²) in [6.45, 7) is 1.50. The van der Waals surface area contributed by atoms with Crippen molar-refractivity contribution in [1.82, 2.24) is 10.2 Å². The van der Waals surface area contributed by atoms with Gasteiger partial charge in [0.1, 0.15) is 0 Å². The van der Waals surface area contributed by atoms with E-state index < -0.39 is 11.2 Å². The van der Waals surface area contributed by atoms with E-state index in [0.29, 0.717) is 41.6 Å². The van der Waals surface area contributed by atoms with E-state index in [1.54, 1.807) is 4.90 Å². The minimum atomic E-state index is -4.42. The minimum absolute atomic E-state index is 0.00205. The second-order valence-electron chi connectivity index (χ2n) is 3.46. The predicted molar refractivity (Wildman–Crippen MR) is 60.7 cm³/mol. The topological polar surface area (TPSA) is 38.2 Å². The lowest BCUT2D eigenvalue weighted by molar-refractivity contribution is -0.138. The van der Waals surface area contributed by atoms with Gasteiger partial charge in [0.2, 0.25) is 10.1 Å². The number of nitrogens with zero attached hydrogens (tertiary/aromatic N) is 3. The highest BCUT2D eigenvalue weighted by molar-refractivity contribution is 9.09. The molecular formula is C8H9BrF3N3OS.